The van der Waals surface area contributed by atoms with E-state index < -0.39 is 0 Å². The summed E-state index contributed by atoms with van der Waals surface area (Å²) in [5.41, 5.74) is 4.19. The largest absolute Gasteiger partial charge is 0.381 e. The lowest BCUT2D eigenvalue weighted by Crippen LogP contribution is -2.04. The molecule has 21 heavy (non-hydrogen) atoms. The van der Waals surface area contributed by atoms with Crippen molar-refractivity contribution in [2.45, 2.75) is 27.3 Å². The van der Waals surface area contributed by atoms with Crippen LogP contribution < -0.4 is 5.32 Å². The minimum atomic E-state index is -0.386. The second-order valence-corrected chi connectivity index (χ2v) is 5.14. The Balaban J connectivity index is 2.22. The molecule has 0 aliphatic heterocycles. The molecule has 0 aliphatic rings. The molecule has 0 aliphatic carbocycles. The van der Waals surface area contributed by atoms with Crippen molar-refractivity contribution in [3.63, 3.8) is 0 Å². The highest BCUT2D eigenvalue weighted by Crippen LogP contribution is 2.26. The molecule has 0 bridgehead atoms. The minimum Gasteiger partial charge on any atom is -0.381 e. The maximum atomic E-state index is 13.3. The molecule has 0 amide bonds. The lowest BCUT2D eigenvalue weighted by Gasteiger charge is -2.12. The van der Waals surface area contributed by atoms with Crippen molar-refractivity contribution in [2.24, 2.45) is 0 Å². The van der Waals surface area contributed by atoms with Crippen LogP contribution >= 0.6 is 0 Å². The van der Waals surface area contributed by atoms with E-state index in [1.165, 1.54) is 12.1 Å². The summed E-state index contributed by atoms with van der Waals surface area (Å²) in [5.74, 6) is -0.269. The molecule has 0 atom stereocenters. The Labute approximate surface area is 122 Å². The first-order valence-electron chi connectivity index (χ1n) is 6.63. The second kappa shape index (κ2) is 5.91. The molecular weight excluding hydrogens is 271 g/mol. The molecule has 0 heterocycles. The van der Waals surface area contributed by atoms with Gasteiger partial charge >= 0.3 is 0 Å². The highest BCUT2D eigenvalue weighted by atomic mass is 19.1. The highest BCUT2D eigenvalue weighted by molar-refractivity contribution is 5.59. The van der Waals surface area contributed by atoms with Crippen LogP contribution in [0, 0.1) is 36.7 Å². The second-order valence-electron chi connectivity index (χ2n) is 5.14. The highest BCUT2D eigenvalue weighted by Gasteiger charge is 2.13. The van der Waals surface area contributed by atoms with E-state index in [1.54, 1.807) is 25.1 Å². The van der Waals surface area contributed by atoms with Gasteiger partial charge in [0.25, 0.3) is 5.69 Å². The summed E-state index contributed by atoms with van der Waals surface area (Å²) in [7, 11) is 0. The van der Waals surface area contributed by atoms with Gasteiger partial charge in [-0.1, -0.05) is 6.07 Å². The normalized spacial score (nSPS) is 10.5. The van der Waals surface area contributed by atoms with Crippen LogP contribution in [0.25, 0.3) is 0 Å². The van der Waals surface area contributed by atoms with Crippen molar-refractivity contribution in [3.8, 4) is 0 Å². The maximum absolute atomic E-state index is 13.3. The van der Waals surface area contributed by atoms with Gasteiger partial charge in [-0.25, -0.2) is 4.39 Å². The van der Waals surface area contributed by atoms with Gasteiger partial charge in [0, 0.05) is 23.9 Å². The van der Waals surface area contributed by atoms with Crippen LogP contribution in [-0.2, 0) is 6.54 Å². The van der Waals surface area contributed by atoms with E-state index in [2.05, 4.69) is 5.32 Å². The molecule has 0 fully saturated rings. The number of hydrogen-bond donors (Lipinski definition) is 1. The Bertz CT molecular complexity index is 699. The van der Waals surface area contributed by atoms with Crippen molar-refractivity contribution >= 4 is 11.4 Å². The Kier molecular flexibility index (Phi) is 4.21. The smallest absolute Gasteiger partial charge is 0.272 e. The number of nitrogens with one attached hydrogen (secondary N) is 1. The van der Waals surface area contributed by atoms with Crippen molar-refractivity contribution < 1.29 is 9.31 Å². The predicted octanol–water partition coefficient (Wildman–Crippen LogP) is 4.27. The summed E-state index contributed by atoms with van der Waals surface area (Å²) in [6.07, 6.45) is 0. The lowest BCUT2D eigenvalue weighted by atomic mass is 10.1. The van der Waals surface area contributed by atoms with Gasteiger partial charge in [-0.15, -0.1) is 0 Å². The zero-order chi connectivity index (χ0) is 15.6. The summed E-state index contributed by atoms with van der Waals surface area (Å²) in [6, 6.07) is 7.97. The van der Waals surface area contributed by atoms with Crippen LogP contribution in [0.5, 0.6) is 0 Å². The van der Waals surface area contributed by atoms with Gasteiger partial charge in [-0.3, -0.25) is 10.1 Å². The van der Waals surface area contributed by atoms with Crippen LogP contribution in [0.1, 0.15) is 22.3 Å². The number of nitro groups is 1. The van der Waals surface area contributed by atoms with E-state index in [0.29, 0.717) is 12.1 Å². The molecule has 0 spiro atoms. The quantitative estimate of drug-likeness (QED) is 0.675. The molecule has 4 nitrogen and oxygen atoms in total. The number of halogens is 1. The zero-order valence-electron chi connectivity index (χ0n) is 12.2. The van der Waals surface area contributed by atoms with Gasteiger partial charge in [0.15, 0.2) is 0 Å². The fraction of sp³-hybridized carbons (Fsp3) is 0.250. The predicted molar refractivity (Wildman–Crippen MR) is 81.0 cm³/mol. The number of nitrogens with zero attached hydrogens (tertiary/aromatic N) is 1. The maximum Gasteiger partial charge on any atom is 0.272 e. The number of nitro benzene ring substituents is 1. The Morgan fingerprint density at radius 2 is 1.81 bits per heavy atom. The first-order valence-corrected chi connectivity index (χ1v) is 6.63. The number of rotatable bonds is 4. The van der Waals surface area contributed by atoms with Crippen molar-refractivity contribution in [1.82, 2.24) is 0 Å². The van der Waals surface area contributed by atoms with Crippen LogP contribution in [0.15, 0.2) is 30.3 Å². The van der Waals surface area contributed by atoms with E-state index in [1.807, 2.05) is 13.8 Å². The summed E-state index contributed by atoms with van der Waals surface area (Å²) >= 11 is 0. The van der Waals surface area contributed by atoms with Gasteiger partial charge in [0.2, 0.25) is 0 Å². The Morgan fingerprint density at radius 1 is 1.10 bits per heavy atom. The zero-order valence-corrected chi connectivity index (χ0v) is 12.2. The molecule has 110 valence electrons. The van der Waals surface area contributed by atoms with Crippen LogP contribution in [0.4, 0.5) is 15.8 Å². The van der Waals surface area contributed by atoms with Crippen LogP contribution in [0.2, 0.25) is 0 Å². The third-order valence-corrected chi connectivity index (χ3v) is 3.52. The van der Waals surface area contributed by atoms with E-state index in [-0.39, 0.29) is 16.4 Å². The van der Waals surface area contributed by atoms with Gasteiger partial charge in [0.1, 0.15) is 5.82 Å². The third kappa shape index (κ3) is 3.37. The molecule has 2 aromatic carbocycles. The SMILES string of the molecule is Cc1ccc(F)cc1CNc1cc(C)c([N+](=O)[O-])cc1C. The average Bonchev–Trinajstić information content (AvgIpc) is 2.42. The number of anilines is 1. The van der Waals surface area contributed by atoms with E-state index in [9.17, 15) is 14.5 Å². The molecule has 0 aromatic heterocycles. The molecule has 2 aromatic rings. The fourth-order valence-electron chi connectivity index (χ4n) is 2.21. The van der Waals surface area contributed by atoms with Gasteiger partial charge in [0.05, 0.1) is 4.92 Å². The van der Waals surface area contributed by atoms with Gasteiger partial charge in [-0.05, 0) is 55.7 Å². The molecule has 1 N–H and O–H groups in total. The number of benzene rings is 2. The minimum absolute atomic E-state index is 0.111. The Hall–Kier alpha value is -2.43. The fourth-order valence-corrected chi connectivity index (χ4v) is 2.21. The number of aryl methyl sites for hydroxylation is 3. The summed E-state index contributed by atoms with van der Waals surface area (Å²) in [5, 5.41) is 14.1. The molecule has 0 radical (unpaired) electrons. The van der Waals surface area contributed by atoms with E-state index in [4.69, 9.17) is 0 Å². The van der Waals surface area contributed by atoms with E-state index >= 15 is 0 Å². The lowest BCUT2D eigenvalue weighted by molar-refractivity contribution is -0.385. The monoisotopic (exact) mass is 288 g/mol. The van der Waals surface area contributed by atoms with Crippen LogP contribution in [-0.4, -0.2) is 4.92 Å². The molecule has 0 saturated heterocycles. The first-order chi connectivity index (χ1) is 9.88. The molecule has 0 saturated carbocycles. The summed E-state index contributed by atoms with van der Waals surface area (Å²) < 4.78 is 13.3. The average molecular weight is 288 g/mol. The van der Waals surface area contributed by atoms with Crippen molar-refractivity contribution in [3.05, 3.63) is 68.5 Å². The summed E-state index contributed by atoms with van der Waals surface area (Å²) in [4.78, 5) is 10.5. The topological polar surface area (TPSA) is 55.2 Å². The van der Waals surface area contributed by atoms with Crippen LogP contribution in [0.3, 0.4) is 0 Å². The summed E-state index contributed by atoms with van der Waals surface area (Å²) in [6.45, 7) is 5.91. The molecule has 2 rings (SSSR count). The van der Waals surface area contributed by atoms with E-state index in [0.717, 1.165) is 22.4 Å². The van der Waals surface area contributed by atoms with Gasteiger partial charge < -0.3 is 5.32 Å². The van der Waals surface area contributed by atoms with Crippen molar-refractivity contribution in [1.29, 1.82) is 0 Å². The molecule has 0 unspecified atom stereocenters. The van der Waals surface area contributed by atoms with Crippen molar-refractivity contribution in [2.75, 3.05) is 5.32 Å². The number of hydrogen-bond acceptors (Lipinski definition) is 3. The Morgan fingerprint density at radius 3 is 2.48 bits per heavy atom. The van der Waals surface area contributed by atoms with Gasteiger partial charge in [-0.2, -0.15) is 0 Å². The molecular formula is C16H17FN2O2. The third-order valence-electron chi connectivity index (χ3n) is 3.52. The standard InChI is InChI=1S/C16H17FN2O2/c1-10-4-5-14(17)8-13(10)9-18-15-6-12(3)16(19(20)21)7-11(15)2/h4-8,18H,9H2,1-3H3. The first kappa shape index (κ1) is 15.0. The molecule has 5 heteroatoms.